The Morgan fingerprint density at radius 1 is 0.689 bits per heavy atom. The van der Waals surface area contributed by atoms with Gasteiger partial charge in [0.15, 0.2) is 11.5 Å². The van der Waals surface area contributed by atoms with Crippen LogP contribution in [0.4, 0.5) is 0 Å². The highest BCUT2D eigenvalue weighted by molar-refractivity contribution is 14.1. The third-order valence-corrected chi connectivity index (χ3v) is 13.1. The molecule has 3 aromatic rings. The fraction of sp³-hybridized carbons (Fsp3) is 0.138. The highest BCUT2D eigenvalue weighted by Crippen LogP contribution is 2.48. The number of esters is 3. The van der Waals surface area contributed by atoms with E-state index in [9.17, 15) is 34.2 Å². The summed E-state index contributed by atoms with van der Waals surface area (Å²) in [6, 6.07) is 6.66. The van der Waals surface area contributed by atoms with E-state index >= 15 is 0 Å². The number of aromatic carboxylic acids is 2. The number of carboxylic acid groups (broad SMARTS) is 2. The van der Waals surface area contributed by atoms with Gasteiger partial charge in [-0.1, -0.05) is 19.9 Å². The van der Waals surface area contributed by atoms with E-state index in [1.54, 1.807) is 13.0 Å². The van der Waals surface area contributed by atoms with Crippen molar-refractivity contribution in [2.75, 3.05) is 0 Å². The van der Waals surface area contributed by atoms with Gasteiger partial charge in [0.2, 0.25) is 5.75 Å². The monoisotopic (exact) mass is 1290 g/mol. The van der Waals surface area contributed by atoms with Crippen molar-refractivity contribution in [1.82, 2.24) is 0 Å². The normalized spacial score (nSPS) is 10.7. The van der Waals surface area contributed by atoms with Gasteiger partial charge in [0.05, 0.1) is 16.7 Å². The van der Waals surface area contributed by atoms with Crippen LogP contribution >= 0.6 is 136 Å². The molecule has 0 radical (unpaired) electrons. The molecule has 0 heterocycles. The van der Waals surface area contributed by atoms with Gasteiger partial charge in [-0.2, -0.15) is 0 Å². The zero-order valence-electron chi connectivity index (χ0n) is 22.9. The molecule has 0 atom stereocenters. The molecule has 0 aliphatic heterocycles. The number of rotatable bonds is 10. The Bertz CT molecular complexity index is 1800. The molecule has 0 bridgehead atoms. The van der Waals surface area contributed by atoms with Crippen LogP contribution in [0.25, 0.3) is 0 Å². The average Bonchev–Trinajstić information content (AvgIpc) is 2.94. The first kappa shape index (κ1) is 38.6. The molecule has 236 valence electrons. The van der Waals surface area contributed by atoms with E-state index in [1.165, 1.54) is 19.1 Å². The largest absolute Gasteiger partial charge is 0.478 e. The second-order valence-electron chi connectivity index (χ2n) is 9.02. The molecule has 0 aromatic heterocycles. The van der Waals surface area contributed by atoms with E-state index in [0.29, 0.717) is 17.9 Å². The lowest BCUT2D eigenvalue weighted by molar-refractivity contribution is -0.130. The van der Waals surface area contributed by atoms with Gasteiger partial charge in [-0.3, -0.25) is 0 Å². The Morgan fingerprint density at radius 2 is 1.13 bits per heavy atom. The number of carboxylic acids is 2. The van der Waals surface area contributed by atoms with Crippen molar-refractivity contribution in [3.63, 3.8) is 0 Å². The minimum absolute atomic E-state index is 0.0391. The van der Waals surface area contributed by atoms with Gasteiger partial charge in [0, 0.05) is 32.6 Å². The lowest BCUT2D eigenvalue weighted by Crippen LogP contribution is -2.23. The van der Waals surface area contributed by atoms with Gasteiger partial charge in [0.1, 0.15) is 5.56 Å². The third kappa shape index (κ3) is 8.98. The fourth-order valence-electron chi connectivity index (χ4n) is 3.84. The van der Waals surface area contributed by atoms with Gasteiger partial charge in [-0.05, 0) is 173 Å². The molecule has 10 nitrogen and oxygen atoms in total. The first-order chi connectivity index (χ1) is 21.0. The molecule has 0 saturated heterocycles. The summed E-state index contributed by atoms with van der Waals surface area (Å²) in [4.78, 5) is 65.7. The topological polar surface area (TPSA) is 154 Å². The molecule has 0 saturated carbocycles. The summed E-state index contributed by atoms with van der Waals surface area (Å²) in [6.07, 6.45) is 0.167. The van der Waals surface area contributed by atoms with Gasteiger partial charge in [0.25, 0.3) is 0 Å². The average molecular weight is 1290 g/mol. The van der Waals surface area contributed by atoms with Crippen LogP contribution in [0.1, 0.15) is 67.3 Å². The molecular weight excluding hydrogens is 1270 g/mol. The summed E-state index contributed by atoms with van der Waals surface area (Å²) in [5.74, 6) is -8.79. The van der Waals surface area contributed by atoms with Gasteiger partial charge < -0.3 is 24.4 Å². The molecule has 0 aliphatic rings. The quantitative estimate of drug-likeness (QED) is 0.0664. The summed E-state index contributed by atoms with van der Waals surface area (Å²) < 4.78 is 20.7. The van der Waals surface area contributed by atoms with E-state index in [1.807, 2.05) is 142 Å². The number of carbonyl (C=O) groups is 5. The molecule has 3 aromatic carbocycles. The summed E-state index contributed by atoms with van der Waals surface area (Å²) in [5.41, 5.74) is -1.96. The van der Waals surface area contributed by atoms with E-state index in [4.69, 9.17) is 14.2 Å². The van der Waals surface area contributed by atoms with Crippen LogP contribution in [-0.4, -0.2) is 40.1 Å². The molecule has 2 N–H and O–H groups in total. The number of benzene rings is 3. The molecule has 0 aliphatic carbocycles. The smallest absolute Gasteiger partial charge is 0.344 e. The van der Waals surface area contributed by atoms with Crippen molar-refractivity contribution in [3.05, 3.63) is 85.7 Å². The van der Waals surface area contributed by atoms with Crippen LogP contribution < -0.4 is 14.2 Å². The maximum absolute atomic E-state index is 13.7. The summed E-state index contributed by atoms with van der Waals surface area (Å²) in [6.45, 7) is 6.58. The van der Waals surface area contributed by atoms with Crippen LogP contribution in [-0.2, 0) is 11.2 Å². The fourth-order valence-corrected chi connectivity index (χ4v) is 8.60. The number of carbonyl (C=O) groups excluding carboxylic acids is 3. The van der Waals surface area contributed by atoms with Crippen LogP contribution in [0.2, 0.25) is 0 Å². The van der Waals surface area contributed by atoms with E-state index in [-0.39, 0.29) is 35.1 Å². The second kappa shape index (κ2) is 16.5. The van der Waals surface area contributed by atoms with Crippen LogP contribution in [0.15, 0.2) is 36.4 Å². The van der Waals surface area contributed by atoms with Crippen molar-refractivity contribution < 1.29 is 48.4 Å². The second-order valence-corrected chi connectivity index (χ2v) is 16.0. The third-order valence-electron chi connectivity index (χ3n) is 5.75. The number of halogens is 6. The first-order valence-electron chi connectivity index (χ1n) is 12.3. The Labute approximate surface area is 338 Å². The lowest BCUT2D eigenvalue weighted by Gasteiger charge is -2.22. The van der Waals surface area contributed by atoms with Crippen molar-refractivity contribution in [3.8, 4) is 17.2 Å². The predicted molar refractivity (Wildman–Crippen MR) is 214 cm³/mol. The molecule has 3 rings (SSSR count). The maximum Gasteiger partial charge on any atom is 0.344 e. The molecular formula is C29H18I6O10. The van der Waals surface area contributed by atoms with Gasteiger partial charge in [-0.25, -0.2) is 24.0 Å². The number of hydrogen-bond donors (Lipinski definition) is 2. The Balaban J connectivity index is 2.49. The van der Waals surface area contributed by atoms with E-state index < -0.39 is 58.2 Å². The minimum Gasteiger partial charge on any atom is -0.478 e. The number of ether oxygens (including phenoxy) is 3. The molecule has 45 heavy (non-hydrogen) atoms. The van der Waals surface area contributed by atoms with Crippen molar-refractivity contribution in [2.24, 2.45) is 0 Å². The molecule has 0 fully saturated rings. The van der Waals surface area contributed by atoms with Crippen LogP contribution in [0, 0.1) is 21.4 Å². The maximum atomic E-state index is 13.7. The summed E-state index contributed by atoms with van der Waals surface area (Å²) in [5, 5.41) is 20.6. The Kier molecular flexibility index (Phi) is 14.1. The lowest BCUT2D eigenvalue weighted by atomic mass is 9.94. The van der Waals surface area contributed by atoms with Crippen molar-refractivity contribution in [1.29, 1.82) is 0 Å². The van der Waals surface area contributed by atoms with Crippen molar-refractivity contribution in [2.45, 2.75) is 26.7 Å². The molecule has 0 unspecified atom stereocenters. The highest BCUT2D eigenvalue weighted by Gasteiger charge is 2.37. The molecule has 0 amide bonds. The van der Waals surface area contributed by atoms with Crippen molar-refractivity contribution >= 4 is 165 Å². The van der Waals surface area contributed by atoms with Crippen LogP contribution in [0.3, 0.4) is 0 Å². The van der Waals surface area contributed by atoms with Gasteiger partial charge in [-0.15, -0.1) is 0 Å². The summed E-state index contributed by atoms with van der Waals surface area (Å²) >= 11 is 11.9. The predicted octanol–water partition coefficient (Wildman–Crippen LogP) is 8.58. The Hall–Kier alpha value is -0.870. The minimum atomic E-state index is -1.78. The number of hydrogen-bond acceptors (Lipinski definition) is 8. The van der Waals surface area contributed by atoms with Crippen LogP contribution in [0.5, 0.6) is 17.2 Å². The van der Waals surface area contributed by atoms with E-state index in [0.717, 1.165) is 3.57 Å². The zero-order valence-corrected chi connectivity index (χ0v) is 35.8. The Morgan fingerprint density at radius 3 is 1.53 bits per heavy atom. The van der Waals surface area contributed by atoms with E-state index in [2.05, 4.69) is 6.58 Å². The highest BCUT2D eigenvalue weighted by atomic mass is 127. The summed E-state index contributed by atoms with van der Waals surface area (Å²) in [7, 11) is 0. The van der Waals surface area contributed by atoms with Gasteiger partial charge >= 0.3 is 29.8 Å². The standard InChI is InChI=1S/C29H18I6O10/c1-4-5-13-18(25(36)37)19(26(38)39)23(44-28(41)14-6-11(30)8-16(32)20(14)34)24(22(13)43-27(40)10(2)3)45-29(42)15-7-12(31)9-17(33)21(15)35/h6-9H,2,4-5H2,1,3H3,(H,36,37)(H,38,39). The molecule has 0 spiro atoms. The zero-order chi connectivity index (χ0) is 33.9. The molecule has 16 heteroatoms. The SMILES string of the molecule is C=C(C)C(=O)Oc1c(CCC)c(C(=O)O)c(C(=O)O)c(OC(=O)c2cc(I)cc(I)c2I)c1OC(=O)c1cc(I)cc(I)c1I. The first-order valence-corrected chi connectivity index (χ1v) is 18.8.